The van der Waals surface area contributed by atoms with Crippen molar-refractivity contribution in [1.82, 2.24) is 10.6 Å². The van der Waals surface area contributed by atoms with Crippen molar-refractivity contribution in [3.05, 3.63) is 142 Å². The minimum atomic E-state index is -0.846. The fourth-order valence-corrected chi connectivity index (χ4v) is 9.44. The van der Waals surface area contributed by atoms with E-state index < -0.39 is 37.8 Å². The van der Waals surface area contributed by atoms with Crippen molar-refractivity contribution < 1.29 is 46.5 Å². The summed E-state index contributed by atoms with van der Waals surface area (Å²) >= 11 is 0. The first-order valence-electron chi connectivity index (χ1n) is 22.2. The van der Waals surface area contributed by atoms with Crippen molar-refractivity contribution in [2.75, 3.05) is 19.8 Å². The molecule has 4 aromatic carbocycles. The van der Waals surface area contributed by atoms with Gasteiger partial charge in [0.05, 0.1) is 43.1 Å². The van der Waals surface area contributed by atoms with Crippen molar-refractivity contribution in [3.8, 4) is 0 Å². The van der Waals surface area contributed by atoms with Crippen LogP contribution in [0.2, 0.25) is 0 Å². The van der Waals surface area contributed by atoms with E-state index in [1.54, 1.807) is 30.3 Å². The molecule has 4 aromatic rings. The van der Waals surface area contributed by atoms with Crippen molar-refractivity contribution in [2.45, 2.75) is 140 Å². The minimum absolute atomic E-state index is 0.100. The highest BCUT2D eigenvalue weighted by atomic mass is 19.1. The van der Waals surface area contributed by atoms with Gasteiger partial charge in [-0.25, -0.2) is 17.6 Å². The van der Waals surface area contributed by atoms with Gasteiger partial charge in [-0.2, -0.15) is 0 Å². The second kappa shape index (κ2) is 22.8. The van der Waals surface area contributed by atoms with Crippen molar-refractivity contribution in [2.24, 2.45) is 0 Å². The monoisotopic (exact) mass is 888 g/mol. The molecule has 0 heterocycles. The van der Waals surface area contributed by atoms with Gasteiger partial charge < -0.3 is 30.0 Å². The van der Waals surface area contributed by atoms with Crippen LogP contribution in [0.1, 0.15) is 136 Å². The smallest absolute Gasteiger partial charge is 0.217 e. The number of benzene rings is 4. The molecule has 0 radical (unpaired) electrons. The molecule has 6 rings (SSSR count). The average Bonchev–Trinajstić information content (AvgIpc) is 3.33. The van der Waals surface area contributed by atoms with E-state index in [-0.39, 0.29) is 41.5 Å². The van der Waals surface area contributed by atoms with Gasteiger partial charge in [-0.3, -0.25) is 9.59 Å². The van der Waals surface area contributed by atoms with Crippen LogP contribution >= 0.6 is 0 Å². The Bertz CT molecular complexity index is 2080. The molecule has 346 valence electrons. The van der Waals surface area contributed by atoms with E-state index in [1.165, 1.54) is 19.9 Å². The second-order valence-electron chi connectivity index (χ2n) is 18.0. The van der Waals surface area contributed by atoms with Crippen LogP contribution in [0.5, 0.6) is 0 Å². The van der Waals surface area contributed by atoms with Crippen LogP contribution in [-0.4, -0.2) is 54.1 Å². The van der Waals surface area contributed by atoms with E-state index in [0.29, 0.717) is 74.0 Å². The van der Waals surface area contributed by atoms with Crippen molar-refractivity contribution in [3.63, 3.8) is 0 Å². The summed E-state index contributed by atoms with van der Waals surface area (Å²) in [5.41, 5.74) is 3.51. The van der Waals surface area contributed by atoms with Crippen molar-refractivity contribution in [1.29, 1.82) is 0 Å². The first-order valence-corrected chi connectivity index (χ1v) is 22.2. The van der Waals surface area contributed by atoms with E-state index in [0.717, 1.165) is 41.4 Å². The summed E-state index contributed by atoms with van der Waals surface area (Å²) in [5, 5.41) is 15.8. The lowest BCUT2D eigenvalue weighted by molar-refractivity contribution is -0.127. The third-order valence-electron chi connectivity index (χ3n) is 13.4. The second-order valence-corrected chi connectivity index (χ2v) is 18.0. The molecule has 0 saturated heterocycles. The Hall–Kier alpha value is -4.91. The number of aliphatic hydroxyl groups excluding tert-OH is 1. The zero-order chi connectivity index (χ0) is 46.4. The van der Waals surface area contributed by atoms with Gasteiger partial charge in [-0.15, -0.1) is 0 Å². The molecule has 0 aromatic heterocycles. The number of hydrogen-bond acceptors (Lipinski definition) is 6. The molecule has 2 aliphatic carbocycles. The van der Waals surface area contributed by atoms with E-state index in [4.69, 9.17) is 9.47 Å². The number of rotatable bonds is 18. The summed E-state index contributed by atoms with van der Waals surface area (Å²) < 4.78 is 65.5. The zero-order valence-corrected chi connectivity index (χ0v) is 37.6. The van der Waals surface area contributed by atoms with Crippen LogP contribution < -0.4 is 10.6 Å². The van der Waals surface area contributed by atoms with Gasteiger partial charge in [0.25, 0.3) is 0 Å². The first kappa shape index (κ1) is 50.1. The van der Waals surface area contributed by atoms with Gasteiger partial charge in [-0.05, 0) is 110 Å². The molecule has 2 aliphatic rings. The molecule has 2 saturated carbocycles. The molecule has 2 fully saturated rings. The van der Waals surface area contributed by atoms with Crippen LogP contribution in [0.4, 0.5) is 17.6 Å². The van der Waals surface area contributed by atoms with Gasteiger partial charge in [0.15, 0.2) is 0 Å². The largest absolute Gasteiger partial charge is 0.394 e. The fourth-order valence-electron chi connectivity index (χ4n) is 9.44. The number of halogens is 4. The van der Waals surface area contributed by atoms with Crippen LogP contribution in [-0.2, 0) is 61.4 Å². The number of nitrogens with one attached hydrogen (secondary N) is 2. The Morgan fingerprint density at radius 1 is 0.594 bits per heavy atom. The average molecular weight is 889 g/mol. The Balaban J connectivity index is 0.000000241. The summed E-state index contributed by atoms with van der Waals surface area (Å²) in [6, 6.07) is 30.1. The molecule has 2 amide bonds. The molecule has 0 spiro atoms. The number of aliphatic hydroxyl groups is 1. The predicted octanol–water partition coefficient (Wildman–Crippen LogP) is 10.4. The Labute approximate surface area is 375 Å². The highest BCUT2D eigenvalue weighted by Crippen LogP contribution is 2.45. The van der Waals surface area contributed by atoms with E-state index >= 15 is 0 Å². The highest BCUT2D eigenvalue weighted by molar-refractivity contribution is 5.80. The number of ether oxygens (including phenoxy) is 2. The zero-order valence-electron chi connectivity index (χ0n) is 37.6. The number of aldehydes is 1. The van der Waals surface area contributed by atoms with Crippen LogP contribution in [0.3, 0.4) is 0 Å². The molecule has 0 bridgehead atoms. The first-order chi connectivity index (χ1) is 30.7. The summed E-state index contributed by atoms with van der Waals surface area (Å²) in [6.45, 7) is 4.81. The lowest BCUT2D eigenvalue weighted by Gasteiger charge is -2.46. The molecular weight excluding hydrogens is 825 g/mol. The third-order valence-corrected chi connectivity index (χ3v) is 13.4. The Morgan fingerprint density at radius 2 is 0.953 bits per heavy atom. The van der Waals surface area contributed by atoms with Gasteiger partial charge in [0, 0.05) is 24.7 Å². The van der Waals surface area contributed by atoms with Gasteiger partial charge >= 0.3 is 0 Å². The van der Waals surface area contributed by atoms with Crippen LogP contribution in [0.15, 0.2) is 97.1 Å². The molecule has 12 heteroatoms. The van der Waals surface area contributed by atoms with Gasteiger partial charge in [-0.1, -0.05) is 97.1 Å². The van der Waals surface area contributed by atoms with Crippen LogP contribution in [0, 0.1) is 0 Å². The van der Waals surface area contributed by atoms with E-state index in [2.05, 4.69) is 34.9 Å². The maximum Gasteiger partial charge on any atom is 0.217 e. The Kier molecular flexibility index (Phi) is 17.9. The molecule has 2 atom stereocenters. The number of amides is 2. The summed E-state index contributed by atoms with van der Waals surface area (Å²) in [5.74, 6) is -0.363. The minimum Gasteiger partial charge on any atom is -0.394 e. The number of carbonyl (C=O) groups excluding carboxylic acids is 3. The number of alkyl halides is 4. The lowest BCUT2D eigenvalue weighted by Crippen LogP contribution is -2.55. The summed E-state index contributed by atoms with van der Waals surface area (Å²) in [6.07, 6.45) is 5.32. The molecule has 0 unspecified atom stereocenters. The topological polar surface area (TPSA) is 114 Å². The quantitative estimate of drug-likeness (QED) is 0.0677. The number of hydrogen-bond donors (Lipinski definition) is 3. The van der Waals surface area contributed by atoms with Crippen molar-refractivity contribution >= 4 is 18.1 Å². The Morgan fingerprint density at radius 3 is 1.27 bits per heavy atom. The highest BCUT2D eigenvalue weighted by Gasteiger charge is 2.46. The van der Waals surface area contributed by atoms with E-state index in [1.807, 2.05) is 50.2 Å². The molecule has 0 aliphatic heterocycles. The van der Waals surface area contributed by atoms with Gasteiger partial charge in [0.1, 0.15) is 33.0 Å². The van der Waals surface area contributed by atoms with E-state index in [9.17, 15) is 37.1 Å². The van der Waals surface area contributed by atoms with Gasteiger partial charge in [0.2, 0.25) is 11.8 Å². The predicted molar refractivity (Wildman–Crippen MR) is 240 cm³/mol. The molecule has 64 heavy (non-hydrogen) atoms. The maximum absolute atomic E-state index is 13.2. The number of carbonyl (C=O) groups is 3. The molecule has 3 N–H and O–H groups in total. The standard InChI is InChI=1S/C26H33F2NO3.C26H31F2NO3/c2*1-19(23-13-21(15-27)12-22(14-23)16-28)32-18-25(24-6-4-3-5-7-24)8-10-26(17-30,11-9-25)29-20(2)31/h3-7,12-14,19,30H,8-11,15-18H2,1-2H3,(H,29,31);3-7,12-14,17,19H,8-11,15-16,18H2,1-2H3,(H,29,31)/t2*19-,25?,26?/m11/s1. The summed E-state index contributed by atoms with van der Waals surface area (Å²) in [7, 11) is 0. The summed E-state index contributed by atoms with van der Waals surface area (Å²) in [4.78, 5) is 35.1. The normalized spacial score (nSPS) is 24.1. The maximum atomic E-state index is 13.2. The van der Waals surface area contributed by atoms with Crippen LogP contribution in [0.25, 0.3) is 0 Å². The lowest BCUT2D eigenvalue weighted by atomic mass is 9.64. The third kappa shape index (κ3) is 12.7. The fraction of sp³-hybridized carbons (Fsp3) is 0.481. The molecule has 8 nitrogen and oxygen atoms in total. The SMILES string of the molecule is CC(=O)NC1(C=O)CCC(CO[C@H](C)c2cc(CF)cc(CF)c2)(c2ccccc2)CC1.CC(=O)NC1(CO)CCC(CO[C@H](C)c2cc(CF)cc(CF)c2)(c2ccccc2)CC1. The molecular formula is C52H64F4N2O6.